The van der Waals surface area contributed by atoms with Gasteiger partial charge in [-0.2, -0.15) is 0 Å². The third kappa shape index (κ3) is 7.57. The molecule has 3 rings (SSSR count). The Balaban J connectivity index is 2.04. The molecule has 0 saturated carbocycles. The second kappa shape index (κ2) is 13.7. The molecule has 0 unspecified atom stereocenters. The van der Waals surface area contributed by atoms with Crippen molar-refractivity contribution >= 4 is 27.5 Å². The van der Waals surface area contributed by atoms with E-state index in [2.05, 4.69) is 5.32 Å². The minimum atomic E-state index is -4.20. The predicted octanol–water partition coefficient (Wildman–Crippen LogP) is 4.36. The Hall–Kier alpha value is -3.92. The number of halogens is 1. The maximum Gasteiger partial charge on any atom is 0.264 e. The van der Waals surface area contributed by atoms with E-state index < -0.39 is 34.3 Å². The van der Waals surface area contributed by atoms with Gasteiger partial charge in [-0.1, -0.05) is 44.2 Å². The fourth-order valence-electron chi connectivity index (χ4n) is 4.11. The molecule has 39 heavy (non-hydrogen) atoms. The number of anilines is 1. The standard InChI is InChI=1S/C29H34FN3O5S/c1-4-18-31-29(35)27(5-2)32(20-22-10-9-11-25(19-22)38-3)28(34)21-33(24-16-14-23(30)15-17-24)39(36,37)26-12-7-6-8-13-26/h6-17,19,27H,4-5,18,20-21H2,1-3H3,(H,31,35)/t27-/m0/s1. The lowest BCUT2D eigenvalue weighted by molar-refractivity contribution is -0.140. The van der Waals surface area contributed by atoms with Crippen molar-refractivity contribution in [1.29, 1.82) is 0 Å². The number of hydrogen-bond donors (Lipinski definition) is 1. The number of ether oxygens (including phenoxy) is 1. The Morgan fingerprint density at radius 3 is 2.28 bits per heavy atom. The van der Waals surface area contributed by atoms with Crippen LogP contribution in [-0.4, -0.2) is 51.4 Å². The molecule has 0 radical (unpaired) electrons. The second-order valence-electron chi connectivity index (χ2n) is 8.89. The van der Waals surface area contributed by atoms with Gasteiger partial charge in [-0.25, -0.2) is 12.8 Å². The SMILES string of the molecule is CCCNC(=O)[C@H](CC)N(Cc1cccc(OC)c1)C(=O)CN(c1ccc(F)cc1)S(=O)(=O)c1ccccc1. The van der Waals surface area contributed by atoms with Crippen LogP contribution in [0, 0.1) is 5.82 Å². The van der Waals surface area contributed by atoms with Gasteiger partial charge in [0.2, 0.25) is 11.8 Å². The van der Waals surface area contributed by atoms with E-state index >= 15 is 0 Å². The lowest BCUT2D eigenvalue weighted by Crippen LogP contribution is -2.52. The highest BCUT2D eigenvalue weighted by Gasteiger charge is 2.33. The molecule has 1 atom stereocenters. The Bertz CT molecular complexity index is 1350. The Kier molecular flexibility index (Phi) is 10.4. The van der Waals surface area contributed by atoms with E-state index in [9.17, 15) is 22.4 Å². The van der Waals surface area contributed by atoms with Gasteiger partial charge in [0.25, 0.3) is 10.0 Å². The fraction of sp³-hybridized carbons (Fsp3) is 0.310. The number of amides is 2. The van der Waals surface area contributed by atoms with Crippen LogP contribution in [0.1, 0.15) is 32.3 Å². The summed E-state index contributed by atoms with van der Waals surface area (Å²) in [4.78, 5) is 28.4. The van der Waals surface area contributed by atoms with Gasteiger partial charge in [0.1, 0.15) is 24.2 Å². The maximum absolute atomic E-state index is 13.9. The van der Waals surface area contributed by atoms with Crippen LogP contribution in [0.5, 0.6) is 5.75 Å². The van der Waals surface area contributed by atoms with Crippen molar-refractivity contribution in [2.24, 2.45) is 0 Å². The van der Waals surface area contributed by atoms with E-state index in [1.807, 2.05) is 6.92 Å². The van der Waals surface area contributed by atoms with E-state index in [4.69, 9.17) is 4.74 Å². The van der Waals surface area contributed by atoms with E-state index in [1.165, 1.54) is 36.3 Å². The van der Waals surface area contributed by atoms with E-state index in [-0.39, 0.29) is 23.0 Å². The summed E-state index contributed by atoms with van der Waals surface area (Å²) in [6, 6.07) is 18.8. The van der Waals surface area contributed by atoms with Crippen molar-refractivity contribution in [3.8, 4) is 5.75 Å². The van der Waals surface area contributed by atoms with Gasteiger partial charge >= 0.3 is 0 Å². The number of benzene rings is 3. The number of sulfonamides is 1. The first-order valence-electron chi connectivity index (χ1n) is 12.7. The zero-order chi connectivity index (χ0) is 28.4. The molecule has 2 amide bonds. The molecule has 10 heteroatoms. The average Bonchev–Trinajstić information content (AvgIpc) is 2.95. The highest BCUT2D eigenvalue weighted by atomic mass is 32.2. The number of carbonyl (C=O) groups is 2. The second-order valence-corrected chi connectivity index (χ2v) is 10.8. The van der Waals surface area contributed by atoms with Crippen LogP contribution in [0.2, 0.25) is 0 Å². The highest BCUT2D eigenvalue weighted by Crippen LogP contribution is 2.25. The number of nitrogens with zero attached hydrogens (tertiary/aromatic N) is 2. The number of nitrogens with one attached hydrogen (secondary N) is 1. The van der Waals surface area contributed by atoms with Crippen molar-refractivity contribution in [3.05, 3.63) is 90.2 Å². The molecule has 0 spiro atoms. The third-order valence-electron chi connectivity index (χ3n) is 6.15. The Labute approximate surface area is 229 Å². The van der Waals surface area contributed by atoms with Crippen LogP contribution in [0.3, 0.4) is 0 Å². The predicted molar refractivity (Wildman–Crippen MR) is 148 cm³/mol. The largest absolute Gasteiger partial charge is 0.497 e. The molecule has 3 aromatic carbocycles. The van der Waals surface area contributed by atoms with Gasteiger partial charge in [-0.15, -0.1) is 0 Å². The Morgan fingerprint density at radius 1 is 0.974 bits per heavy atom. The maximum atomic E-state index is 13.9. The zero-order valence-corrected chi connectivity index (χ0v) is 23.2. The van der Waals surface area contributed by atoms with Crippen LogP contribution in [-0.2, 0) is 26.2 Å². The number of carbonyl (C=O) groups excluding carboxylic acids is 2. The van der Waals surface area contributed by atoms with Crippen molar-refractivity contribution in [2.45, 2.75) is 44.2 Å². The number of hydrogen-bond acceptors (Lipinski definition) is 5. The summed E-state index contributed by atoms with van der Waals surface area (Å²) in [5, 5.41) is 2.84. The van der Waals surface area contributed by atoms with Crippen molar-refractivity contribution in [1.82, 2.24) is 10.2 Å². The highest BCUT2D eigenvalue weighted by molar-refractivity contribution is 7.92. The number of methoxy groups -OCH3 is 1. The summed E-state index contributed by atoms with van der Waals surface area (Å²) in [6.07, 6.45) is 1.03. The monoisotopic (exact) mass is 555 g/mol. The van der Waals surface area contributed by atoms with Gasteiger partial charge in [-0.3, -0.25) is 13.9 Å². The molecule has 3 aromatic rings. The average molecular weight is 556 g/mol. The summed E-state index contributed by atoms with van der Waals surface area (Å²) in [7, 11) is -2.67. The van der Waals surface area contributed by atoms with Gasteiger partial charge < -0.3 is 15.0 Å². The minimum absolute atomic E-state index is 0.0193. The van der Waals surface area contributed by atoms with Gasteiger partial charge in [-0.05, 0) is 66.9 Å². The lowest BCUT2D eigenvalue weighted by Gasteiger charge is -2.33. The molecule has 0 aromatic heterocycles. The first-order chi connectivity index (χ1) is 18.7. The van der Waals surface area contributed by atoms with Crippen LogP contribution >= 0.6 is 0 Å². The van der Waals surface area contributed by atoms with Crippen LogP contribution in [0.15, 0.2) is 83.8 Å². The number of rotatable bonds is 13. The van der Waals surface area contributed by atoms with Crippen LogP contribution in [0.25, 0.3) is 0 Å². The Morgan fingerprint density at radius 2 is 1.67 bits per heavy atom. The fourth-order valence-corrected chi connectivity index (χ4v) is 5.54. The molecule has 1 N–H and O–H groups in total. The van der Waals surface area contributed by atoms with Crippen LogP contribution in [0.4, 0.5) is 10.1 Å². The molecule has 8 nitrogen and oxygen atoms in total. The summed E-state index contributed by atoms with van der Waals surface area (Å²) in [5.74, 6) is -0.863. The van der Waals surface area contributed by atoms with E-state index in [0.29, 0.717) is 24.3 Å². The molecule has 0 aliphatic rings. The topological polar surface area (TPSA) is 96.0 Å². The molecule has 0 bridgehead atoms. The third-order valence-corrected chi connectivity index (χ3v) is 7.93. The van der Waals surface area contributed by atoms with Crippen LogP contribution < -0.4 is 14.4 Å². The summed E-state index contributed by atoms with van der Waals surface area (Å²) in [5.41, 5.74) is 0.835. The van der Waals surface area contributed by atoms with Crippen molar-refractivity contribution < 1.29 is 27.1 Å². The molecule has 0 aliphatic heterocycles. The molecule has 0 heterocycles. The first-order valence-corrected chi connectivity index (χ1v) is 14.2. The quantitative estimate of drug-likeness (QED) is 0.338. The minimum Gasteiger partial charge on any atom is -0.497 e. The summed E-state index contributed by atoms with van der Waals surface area (Å²) >= 11 is 0. The van der Waals surface area contributed by atoms with Gasteiger partial charge in [0.05, 0.1) is 17.7 Å². The van der Waals surface area contributed by atoms with Gasteiger partial charge in [0, 0.05) is 13.1 Å². The molecule has 0 aliphatic carbocycles. The van der Waals surface area contributed by atoms with E-state index in [1.54, 1.807) is 49.4 Å². The molecule has 0 saturated heterocycles. The first kappa shape index (κ1) is 29.6. The summed E-state index contributed by atoms with van der Waals surface area (Å²) in [6.45, 7) is 3.62. The van der Waals surface area contributed by atoms with Crippen molar-refractivity contribution in [3.63, 3.8) is 0 Å². The van der Waals surface area contributed by atoms with E-state index in [0.717, 1.165) is 22.9 Å². The zero-order valence-electron chi connectivity index (χ0n) is 22.3. The molecule has 0 fully saturated rings. The molecular formula is C29H34FN3O5S. The molecular weight excluding hydrogens is 521 g/mol. The molecule has 208 valence electrons. The summed E-state index contributed by atoms with van der Waals surface area (Å²) < 4.78 is 47.4. The van der Waals surface area contributed by atoms with Gasteiger partial charge in [0.15, 0.2) is 0 Å². The normalized spacial score (nSPS) is 11.9. The van der Waals surface area contributed by atoms with Crippen molar-refractivity contribution in [2.75, 3.05) is 24.5 Å². The lowest BCUT2D eigenvalue weighted by atomic mass is 10.1. The smallest absolute Gasteiger partial charge is 0.264 e.